The van der Waals surface area contributed by atoms with Crippen molar-refractivity contribution in [1.82, 2.24) is 9.97 Å². The van der Waals surface area contributed by atoms with E-state index in [4.69, 9.17) is 9.98 Å². The molecule has 4 amide bonds. The van der Waals surface area contributed by atoms with Crippen LogP contribution in [0.15, 0.2) is 83.3 Å². The third-order valence-corrected chi connectivity index (χ3v) is 11.5. The van der Waals surface area contributed by atoms with Crippen LogP contribution in [0.5, 0.6) is 0 Å². The lowest BCUT2D eigenvalue weighted by atomic mass is 9.84. The normalized spacial score (nSPS) is 14.0. The van der Waals surface area contributed by atoms with Gasteiger partial charge < -0.3 is 0 Å². The molecule has 0 spiro atoms. The Hall–Kier alpha value is -6.94. The molecule has 0 unspecified atom stereocenters. The second kappa shape index (κ2) is 13.4. The van der Waals surface area contributed by atoms with Gasteiger partial charge >= 0.3 is 0 Å². The Morgan fingerprint density at radius 1 is 0.411 bits per heavy atom. The van der Waals surface area contributed by atoms with Gasteiger partial charge in [0.15, 0.2) is 0 Å². The zero-order chi connectivity index (χ0) is 39.7. The summed E-state index contributed by atoms with van der Waals surface area (Å²) in [4.78, 5) is 78.3. The van der Waals surface area contributed by atoms with Crippen LogP contribution in [-0.2, 0) is 0 Å². The van der Waals surface area contributed by atoms with E-state index in [1.54, 1.807) is 61.5 Å². The molecule has 56 heavy (non-hydrogen) atoms. The number of rotatable bonds is 6. The Morgan fingerprint density at radius 2 is 0.679 bits per heavy atom. The summed E-state index contributed by atoms with van der Waals surface area (Å²) in [7, 11) is 0. The van der Waals surface area contributed by atoms with Crippen LogP contribution in [0.1, 0.15) is 97.1 Å². The number of carbonyl (C=O) groups excluding carboxylic acids is 4. The second-order valence-electron chi connectivity index (χ2n) is 14.4. The molecule has 2 aromatic heterocycles. The molecule has 6 aromatic rings. The highest BCUT2D eigenvalue weighted by Gasteiger charge is 2.42. The van der Waals surface area contributed by atoms with Crippen molar-refractivity contribution in [3.8, 4) is 0 Å². The average molecular weight is 739 g/mol. The number of carbonyl (C=O) groups is 4. The van der Waals surface area contributed by atoms with Gasteiger partial charge in [0, 0.05) is 70.2 Å². The number of benzene rings is 4. The van der Waals surface area contributed by atoms with E-state index in [2.05, 4.69) is 9.97 Å². The Balaban J connectivity index is 1.21. The molecule has 2 aliphatic rings. The van der Waals surface area contributed by atoms with Crippen molar-refractivity contribution < 1.29 is 19.2 Å². The number of nitrogens with zero attached hydrogens (tertiary/aromatic N) is 6. The lowest BCUT2D eigenvalue weighted by Crippen LogP contribution is -2.44. The SMILES string of the molecule is Cc1c(C)c(N2C(=O)c3ccc4c5c(ccc(c35)C2=O)C(=O)N(c2c(C)c(C)c(N=Cc3ccncc3)c(C)c2C)C4=O)c(C)c(C)c1N=Cc1ccncc1. The van der Waals surface area contributed by atoms with Gasteiger partial charge in [-0.15, -0.1) is 0 Å². The average Bonchev–Trinajstić information content (AvgIpc) is 3.20. The molecule has 2 aliphatic heterocycles. The highest BCUT2D eigenvalue weighted by molar-refractivity contribution is 6.42. The first-order valence-corrected chi connectivity index (χ1v) is 18.3. The van der Waals surface area contributed by atoms with E-state index in [1.165, 1.54) is 9.80 Å². The number of hydrogen-bond acceptors (Lipinski definition) is 8. The van der Waals surface area contributed by atoms with E-state index in [1.807, 2.05) is 79.7 Å². The minimum atomic E-state index is -0.521. The van der Waals surface area contributed by atoms with Gasteiger partial charge in [0.2, 0.25) is 0 Å². The molecule has 0 saturated carbocycles. The van der Waals surface area contributed by atoms with E-state index in [9.17, 15) is 19.2 Å². The van der Waals surface area contributed by atoms with E-state index in [0.29, 0.717) is 22.1 Å². The summed E-state index contributed by atoms with van der Waals surface area (Å²) in [5.41, 5.74) is 11.7. The lowest BCUT2D eigenvalue weighted by molar-refractivity contribution is 0.0872. The molecular formula is C46H38N6O4. The van der Waals surface area contributed by atoms with Gasteiger partial charge in [-0.2, -0.15) is 0 Å². The fraction of sp³-hybridized carbons (Fsp3) is 0.174. The maximum atomic E-state index is 14.5. The summed E-state index contributed by atoms with van der Waals surface area (Å²) in [5, 5.41) is 0.632. The smallest absolute Gasteiger partial charge is 0.266 e. The van der Waals surface area contributed by atoms with Crippen molar-refractivity contribution in [3.63, 3.8) is 0 Å². The van der Waals surface area contributed by atoms with Gasteiger partial charge in [-0.1, -0.05) is 0 Å². The van der Waals surface area contributed by atoms with Crippen LogP contribution in [0.2, 0.25) is 0 Å². The highest BCUT2D eigenvalue weighted by atomic mass is 16.2. The second-order valence-corrected chi connectivity index (χ2v) is 14.4. The van der Waals surface area contributed by atoms with Crippen molar-refractivity contribution in [3.05, 3.63) is 151 Å². The van der Waals surface area contributed by atoms with Crippen LogP contribution >= 0.6 is 0 Å². The first kappa shape index (κ1) is 36.1. The van der Waals surface area contributed by atoms with Crippen LogP contribution < -0.4 is 9.80 Å². The van der Waals surface area contributed by atoms with Crippen LogP contribution in [-0.4, -0.2) is 46.0 Å². The molecule has 0 atom stereocenters. The molecule has 8 rings (SSSR count). The Morgan fingerprint density at radius 3 is 0.946 bits per heavy atom. The zero-order valence-electron chi connectivity index (χ0n) is 32.4. The standard InChI is InChI=1S/C46H38N6O4/c1-23-27(5)41(28(6)24(2)39(23)49-21-31-13-17-47-18-14-31)51-43(53)33-9-11-35-38-36(12-10-34(37(33)38)44(51)54)46(56)52(45(35)55)42-29(7)25(3)40(26(4)30(42)8)50-22-32-15-19-48-20-16-32/h9-22H,1-8H3. The summed E-state index contributed by atoms with van der Waals surface area (Å²) in [5.74, 6) is -2.08. The minimum absolute atomic E-state index is 0.249. The van der Waals surface area contributed by atoms with Gasteiger partial charge in [-0.05, 0) is 160 Å². The van der Waals surface area contributed by atoms with E-state index < -0.39 is 23.6 Å². The topological polar surface area (TPSA) is 125 Å². The summed E-state index contributed by atoms with van der Waals surface area (Å²) in [6, 6.07) is 13.9. The van der Waals surface area contributed by atoms with Gasteiger partial charge in [0.1, 0.15) is 0 Å². The lowest BCUT2D eigenvalue weighted by Gasteiger charge is -2.34. The molecule has 10 nitrogen and oxygen atoms in total. The van der Waals surface area contributed by atoms with Crippen molar-refractivity contribution in [2.75, 3.05) is 9.80 Å². The number of imide groups is 2. The molecule has 0 N–H and O–H groups in total. The number of pyridine rings is 2. The summed E-state index contributed by atoms with van der Waals surface area (Å²) >= 11 is 0. The van der Waals surface area contributed by atoms with Crippen molar-refractivity contribution in [2.45, 2.75) is 55.4 Å². The Labute approximate surface area is 324 Å². The molecule has 0 fully saturated rings. The monoisotopic (exact) mass is 738 g/mol. The first-order chi connectivity index (χ1) is 26.8. The van der Waals surface area contributed by atoms with Crippen LogP contribution in [0.25, 0.3) is 10.8 Å². The molecule has 4 heterocycles. The highest BCUT2D eigenvalue weighted by Crippen LogP contribution is 2.45. The third-order valence-electron chi connectivity index (χ3n) is 11.5. The van der Waals surface area contributed by atoms with Crippen LogP contribution in [0.4, 0.5) is 22.7 Å². The maximum Gasteiger partial charge on any atom is 0.266 e. The summed E-state index contributed by atoms with van der Waals surface area (Å²) in [6.07, 6.45) is 10.3. The number of aliphatic imine (C=N–C) groups is 2. The zero-order valence-corrected chi connectivity index (χ0v) is 32.4. The van der Waals surface area contributed by atoms with Crippen molar-refractivity contribution in [1.29, 1.82) is 0 Å². The van der Waals surface area contributed by atoms with E-state index >= 15 is 0 Å². The number of amides is 4. The Kier molecular flexibility index (Phi) is 8.64. The maximum absolute atomic E-state index is 14.5. The molecule has 276 valence electrons. The summed E-state index contributed by atoms with van der Waals surface area (Å²) < 4.78 is 0. The number of aromatic nitrogens is 2. The number of hydrogen-bond donors (Lipinski definition) is 0. The fourth-order valence-electron chi connectivity index (χ4n) is 8.06. The van der Waals surface area contributed by atoms with Crippen molar-refractivity contribution in [2.24, 2.45) is 9.98 Å². The predicted octanol–water partition coefficient (Wildman–Crippen LogP) is 9.20. The van der Waals surface area contributed by atoms with Crippen LogP contribution in [0, 0.1) is 55.4 Å². The molecule has 4 aromatic carbocycles. The molecule has 0 aliphatic carbocycles. The predicted molar refractivity (Wildman–Crippen MR) is 220 cm³/mol. The largest absolute Gasteiger partial charge is 0.268 e. The third kappa shape index (κ3) is 5.31. The van der Waals surface area contributed by atoms with Gasteiger partial charge in [-0.25, -0.2) is 9.80 Å². The van der Waals surface area contributed by atoms with Crippen LogP contribution in [0.3, 0.4) is 0 Å². The van der Waals surface area contributed by atoms with E-state index in [0.717, 1.165) is 67.0 Å². The number of anilines is 2. The molecule has 0 radical (unpaired) electrons. The first-order valence-electron chi connectivity index (χ1n) is 18.3. The van der Waals surface area contributed by atoms with Gasteiger partial charge in [0.05, 0.1) is 22.7 Å². The van der Waals surface area contributed by atoms with Crippen molar-refractivity contribution >= 4 is 69.6 Å². The summed E-state index contributed by atoms with van der Waals surface area (Å²) in [6.45, 7) is 15.3. The van der Waals surface area contributed by atoms with Gasteiger partial charge in [0.25, 0.3) is 23.6 Å². The van der Waals surface area contributed by atoms with E-state index in [-0.39, 0.29) is 22.3 Å². The molecular weight excluding hydrogens is 701 g/mol. The molecule has 10 heteroatoms. The minimum Gasteiger partial charge on any atom is -0.268 e. The molecule has 0 saturated heterocycles. The molecule has 0 bridgehead atoms. The Bertz CT molecular complexity index is 2490. The fourth-order valence-corrected chi connectivity index (χ4v) is 8.06. The van der Waals surface area contributed by atoms with Gasteiger partial charge in [-0.3, -0.25) is 39.1 Å². The quantitative estimate of drug-likeness (QED) is 0.124.